The minimum absolute atomic E-state index is 0.260. The molecule has 1 aromatic carbocycles. The fourth-order valence-corrected chi connectivity index (χ4v) is 3.26. The van der Waals surface area contributed by atoms with E-state index in [4.69, 9.17) is 4.42 Å². The maximum Gasteiger partial charge on any atom is 0.152 e. The van der Waals surface area contributed by atoms with Gasteiger partial charge < -0.3 is 19.5 Å². The summed E-state index contributed by atoms with van der Waals surface area (Å²) >= 11 is 0. The number of hydrogen-bond donors (Lipinski definition) is 1. The van der Waals surface area contributed by atoms with Crippen molar-refractivity contribution in [2.45, 2.75) is 39.2 Å². The van der Waals surface area contributed by atoms with Crippen molar-refractivity contribution in [3.63, 3.8) is 0 Å². The van der Waals surface area contributed by atoms with Crippen molar-refractivity contribution < 1.29 is 13.6 Å². The van der Waals surface area contributed by atoms with E-state index in [1.165, 1.54) is 44.3 Å². The number of carbonyl (C=O) groups is 1. The Labute approximate surface area is 185 Å². The van der Waals surface area contributed by atoms with Gasteiger partial charge in [-0.25, -0.2) is 9.38 Å². The number of benzene rings is 1. The van der Waals surface area contributed by atoms with Crippen molar-refractivity contribution in [1.82, 2.24) is 15.1 Å². The lowest BCUT2D eigenvalue weighted by Crippen LogP contribution is -2.26. The molecular formula is C24H35FN4O2. The highest BCUT2D eigenvalue weighted by Gasteiger charge is 2.10. The van der Waals surface area contributed by atoms with Gasteiger partial charge >= 0.3 is 0 Å². The number of rotatable bonds is 7. The standard InChI is InChI=1S/C18H21FN2O2.C6H14N2/c1-3-4-5-18(21(2)11-14-8-9-23-13-14)20-17-7-6-16(19)10-15(17)12-22;1-8-5-2-3-7-4-6-8/h6-10,12-13H,3-5,11H2,1-2H3;7H,2-6H2,1H3. The maximum atomic E-state index is 13.3. The molecule has 0 radical (unpaired) electrons. The van der Waals surface area contributed by atoms with Crippen LogP contribution in [0.15, 0.2) is 46.2 Å². The molecule has 1 fully saturated rings. The average Bonchev–Trinajstić information content (AvgIpc) is 3.16. The van der Waals surface area contributed by atoms with E-state index in [2.05, 4.69) is 29.2 Å². The monoisotopic (exact) mass is 430 g/mol. The zero-order valence-corrected chi connectivity index (χ0v) is 18.9. The molecule has 3 rings (SSSR count). The molecule has 31 heavy (non-hydrogen) atoms. The van der Waals surface area contributed by atoms with Gasteiger partial charge in [0.05, 0.1) is 18.2 Å². The molecule has 1 saturated heterocycles. The highest BCUT2D eigenvalue weighted by Crippen LogP contribution is 2.21. The second-order valence-corrected chi connectivity index (χ2v) is 7.85. The van der Waals surface area contributed by atoms with Crippen LogP contribution < -0.4 is 5.32 Å². The molecule has 1 aliphatic rings. The lowest BCUT2D eigenvalue weighted by Gasteiger charge is -2.21. The minimum Gasteiger partial charge on any atom is -0.472 e. The van der Waals surface area contributed by atoms with Gasteiger partial charge in [-0.15, -0.1) is 0 Å². The van der Waals surface area contributed by atoms with Gasteiger partial charge in [-0.1, -0.05) is 13.3 Å². The number of furan rings is 1. The van der Waals surface area contributed by atoms with Gasteiger partial charge in [0.15, 0.2) is 6.29 Å². The van der Waals surface area contributed by atoms with Gasteiger partial charge in [0, 0.05) is 44.2 Å². The van der Waals surface area contributed by atoms with E-state index in [-0.39, 0.29) is 5.56 Å². The number of likely N-dealkylation sites (N-methyl/N-ethyl adjacent to an activating group) is 1. The molecule has 0 atom stereocenters. The first-order valence-electron chi connectivity index (χ1n) is 11.0. The molecule has 0 amide bonds. The molecule has 0 unspecified atom stereocenters. The number of aldehydes is 1. The highest BCUT2D eigenvalue weighted by molar-refractivity contribution is 5.89. The number of unbranched alkanes of at least 4 members (excludes halogenated alkanes) is 1. The van der Waals surface area contributed by atoms with Crippen LogP contribution in [0.25, 0.3) is 0 Å². The normalized spacial score (nSPS) is 15.0. The summed E-state index contributed by atoms with van der Waals surface area (Å²) in [6.45, 7) is 7.60. The third kappa shape index (κ3) is 9.02. The van der Waals surface area contributed by atoms with Crippen LogP contribution in [0.5, 0.6) is 0 Å². The van der Waals surface area contributed by atoms with Crippen molar-refractivity contribution in [3.8, 4) is 0 Å². The zero-order valence-electron chi connectivity index (χ0n) is 18.9. The van der Waals surface area contributed by atoms with Crippen LogP contribution in [0.3, 0.4) is 0 Å². The van der Waals surface area contributed by atoms with Crippen LogP contribution >= 0.6 is 0 Å². The number of halogens is 1. The van der Waals surface area contributed by atoms with E-state index in [1.54, 1.807) is 12.5 Å². The molecule has 170 valence electrons. The van der Waals surface area contributed by atoms with Crippen LogP contribution in [-0.4, -0.2) is 62.2 Å². The average molecular weight is 431 g/mol. The molecule has 1 aromatic heterocycles. The Kier molecular flexibility index (Phi) is 11.0. The number of aliphatic imine (C=N–C) groups is 1. The van der Waals surface area contributed by atoms with Gasteiger partial charge in [0.25, 0.3) is 0 Å². The van der Waals surface area contributed by atoms with E-state index >= 15 is 0 Å². The molecule has 2 aromatic rings. The first kappa shape index (κ1) is 24.8. The summed E-state index contributed by atoms with van der Waals surface area (Å²) in [4.78, 5) is 20.1. The largest absolute Gasteiger partial charge is 0.472 e. The third-order valence-electron chi connectivity index (χ3n) is 5.12. The summed E-state index contributed by atoms with van der Waals surface area (Å²) in [7, 11) is 4.12. The zero-order chi connectivity index (χ0) is 22.5. The molecule has 0 aliphatic carbocycles. The first-order valence-corrected chi connectivity index (χ1v) is 11.0. The molecule has 1 N–H and O–H groups in total. The topological polar surface area (TPSA) is 61.1 Å². The lowest BCUT2D eigenvalue weighted by atomic mass is 10.1. The highest BCUT2D eigenvalue weighted by atomic mass is 19.1. The lowest BCUT2D eigenvalue weighted by molar-refractivity contribution is 0.112. The van der Waals surface area contributed by atoms with Crippen molar-refractivity contribution in [2.75, 3.05) is 40.3 Å². The summed E-state index contributed by atoms with van der Waals surface area (Å²) in [6.07, 6.45) is 8.10. The van der Waals surface area contributed by atoms with Gasteiger partial charge in [0.2, 0.25) is 0 Å². The summed E-state index contributed by atoms with van der Waals surface area (Å²) < 4.78 is 18.3. The van der Waals surface area contributed by atoms with E-state index < -0.39 is 5.82 Å². The van der Waals surface area contributed by atoms with Crippen molar-refractivity contribution in [1.29, 1.82) is 0 Å². The fourth-order valence-electron chi connectivity index (χ4n) is 3.26. The number of hydrogen-bond acceptors (Lipinski definition) is 5. The van der Waals surface area contributed by atoms with E-state index in [9.17, 15) is 9.18 Å². The maximum absolute atomic E-state index is 13.3. The predicted octanol–water partition coefficient (Wildman–Crippen LogP) is 4.49. The summed E-state index contributed by atoms with van der Waals surface area (Å²) in [5.74, 6) is 0.427. The quantitative estimate of drug-likeness (QED) is 0.398. The molecule has 0 saturated carbocycles. The van der Waals surface area contributed by atoms with Crippen LogP contribution in [0.2, 0.25) is 0 Å². The molecule has 1 aliphatic heterocycles. The summed E-state index contributed by atoms with van der Waals surface area (Å²) in [6, 6.07) is 5.97. The van der Waals surface area contributed by atoms with Crippen LogP contribution in [0, 0.1) is 5.82 Å². The van der Waals surface area contributed by atoms with E-state index in [0.29, 0.717) is 18.5 Å². The molecule has 0 bridgehead atoms. The predicted molar refractivity (Wildman–Crippen MR) is 124 cm³/mol. The van der Waals surface area contributed by atoms with Crippen molar-refractivity contribution in [3.05, 3.63) is 53.7 Å². The van der Waals surface area contributed by atoms with Crippen LogP contribution in [0.1, 0.15) is 48.5 Å². The Morgan fingerprint density at radius 1 is 1.32 bits per heavy atom. The Morgan fingerprint density at radius 2 is 2.16 bits per heavy atom. The summed E-state index contributed by atoms with van der Waals surface area (Å²) in [5, 5.41) is 3.34. The minimum atomic E-state index is -0.437. The van der Waals surface area contributed by atoms with E-state index in [1.807, 2.05) is 18.0 Å². The fraction of sp³-hybridized carbons (Fsp3) is 0.500. The Hall–Kier alpha value is -2.51. The van der Waals surface area contributed by atoms with Gasteiger partial charge in [-0.3, -0.25) is 4.79 Å². The third-order valence-corrected chi connectivity index (χ3v) is 5.12. The smallest absolute Gasteiger partial charge is 0.152 e. The summed E-state index contributed by atoms with van der Waals surface area (Å²) in [5.41, 5.74) is 1.80. The van der Waals surface area contributed by atoms with Crippen molar-refractivity contribution >= 4 is 17.8 Å². The number of nitrogens with zero attached hydrogens (tertiary/aromatic N) is 3. The van der Waals surface area contributed by atoms with Gasteiger partial charge in [0.1, 0.15) is 11.7 Å². The molecule has 7 heteroatoms. The molecule has 0 spiro atoms. The SMILES string of the molecule is CCCCC(=Nc1ccc(F)cc1C=O)N(C)Cc1ccoc1.CN1CCCNCC1. The van der Waals surface area contributed by atoms with Gasteiger partial charge in [-0.05, 0) is 57.2 Å². The van der Waals surface area contributed by atoms with Crippen LogP contribution in [-0.2, 0) is 6.54 Å². The van der Waals surface area contributed by atoms with E-state index in [0.717, 1.165) is 37.2 Å². The van der Waals surface area contributed by atoms with Crippen molar-refractivity contribution in [2.24, 2.45) is 4.99 Å². The number of amidine groups is 1. The Balaban J connectivity index is 0.000000357. The molecule has 2 heterocycles. The molecular weight excluding hydrogens is 395 g/mol. The van der Waals surface area contributed by atoms with Gasteiger partial charge in [-0.2, -0.15) is 0 Å². The second kappa shape index (κ2) is 13.7. The molecule has 6 nitrogen and oxygen atoms in total. The van der Waals surface area contributed by atoms with Crippen LogP contribution in [0.4, 0.5) is 10.1 Å². The number of carbonyl (C=O) groups excluding carboxylic acids is 1. The second-order valence-electron chi connectivity index (χ2n) is 7.85. The Morgan fingerprint density at radius 3 is 2.87 bits per heavy atom. The number of nitrogens with one attached hydrogen (secondary N) is 1. The first-order chi connectivity index (χ1) is 15.0. The Bertz CT molecular complexity index is 800.